The van der Waals surface area contributed by atoms with Gasteiger partial charge >= 0.3 is 0 Å². The van der Waals surface area contributed by atoms with Gasteiger partial charge < -0.3 is 10.6 Å². The second-order valence-corrected chi connectivity index (χ2v) is 5.96. The van der Waals surface area contributed by atoms with E-state index in [1.165, 1.54) is 11.3 Å². The molecule has 1 heterocycles. The number of carbonyl (C=O) groups excluding carboxylic acids is 2. The SMILES string of the molecule is O=C(Nc1ccccc1C(=O)NCc1ccccc1)c1ccsc1. The molecule has 3 aromatic rings. The summed E-state index contributed by atoms with van der Waals surface area (Å²) in [4.78, 5) is 24.6. The number of hydrogen-bond donors (Lipinski definition) is 2. The van der Waals surface area contributed by atoms with Crippen LogP contribution >= 0.6 is 11.3 Å². The second kappa shape index (κ2) is 7.57. The lowest BCUT2D eigenvalue weighted by Gasteiger charge is -2.11. The summed E-state index contributed by atoms with van der Waals surface area (Å²) in [5.74, 6) is -0.445. The smallest absolute Gasteiger partial charge is 0.256 e. The van der Waals surface area contributed by atoms with Crippen molar-refractivity contribution in [2.45, 2.75) is 6.54 Å². The van der Waals surface area contributed by atoms with Crippen molar-refractivity contribution >= 4 is 28.8 Å². The van der Waals surface area contributed by atoms with Gasteiger partial charge in [0.2, 0.25) is 0 Å². The lowest BCUT2D eigenvalue weighted by atomic mass is 10.1. The summed E-state index contributed by atoms with van der Waals surface area (Å²) in [6.07, 6.45) is 0. The summed E-state index contributed by atoms with van der Waals surface area (Å²) in [5.41, 5.74) is 2.54. The van der Waals surface area contributed by atoms with Crippen LogP contribution in [-0.4, -0.2) is 11.8 Å². The third-order valence-corrected chi connectivity index (χ3v) is 4.18. The van der Waals surface area contributed by atoms with E-state index in [0.717, 1.165) is 5.56 Å². The van der Waals surface area contributed by atoms with Crippen LogP contribution in [0.1, 0.15) is 26.3 Å². The van der Waals surface area contributed by atoms with Crippen LogP contribution in [0.2, 0.25) is 0 Å². The van der Waals surface area contributed by atoms with E-state index in [2.05, 4.69) is 10.6 Å². The van der Waals surface area contributed by atoms with Crippen molar-refractivity contribution in [3.8, 4) is 0 Å². The van der Waals surface area contributed by atoms with Gasteiger partial charge in [-0.3, -0.25) is 9.59 Å². The molecule has 24 heavy (non-hydrogen) atoms. The molecule has 120 valence electrons. The molecular formula is C19H16N2O2S. The van der Waals surface area contributed by atoms with Crippen LogP contribution in [0.15, 0.2) is 71.4 Å². The summed E-state index contributed by atoms with van der Waals surface area (Å²) in [5, 5.41) is 9.29. The Morgan fingerprint density at radius 3 is 2.38 bits per heavy atom. The van der Waals surface area contributed by atoms with E-state index in [1.54, 1.807) is 35.7 Å². The van der Waals surface area contributed by atoms with Crippen LogP contribution in [0, 0.1) is 0 Å². The zero-order valence-corrected chi connectivity index (χ0v) is 13.7. The van der Waals surface area contributed by atoms with Gasteiger partial charge in [-0.1, -0.05) is 42.5 Å². The second-order valence-electron chi connectivity index (χ2n) is 5.18. The number of amides is 2. The van der Waals surface area contributed by atoms with E-state index >= 15 is 0 Å². The summed E-state index contributed by atoms with van der Waals surface area (Å²) < 4.78 is 0. The van der Waals surface area contributed by atoms with Gasteiger partial charge in [-0.2, -0.15) is 11.3 Å². The average Bonchev–Trinajstić information content (AvgIpc) is 3.16. The Morgan fingerprint density at radius 2 is 1.62 bits per heavy atom. The summed E-state index contributed by atoms with van der Waals surface area (Å²) in [6, 6.07) is 18.4. The molecule has 0 unspecified atom stereocenters. The highest BCUT2D eigenvalue weighted by atomic mass is 32.1. The zero-order valence-electron chi connectivity index (χ0n) is 12.9. The van der Waals surface area contributed by atoms with E-state index < -0.39 is 0 Å². The highest BCUT2D eigenvalue weighted by molar-refractivity contribution is 7.08. The predicted molar refractivity (Wildman–Crippen MR) is 96.3 cm³/mol. The van der Waals surface area contributed by atoms with Crippen LogP contribution in [0.4, 0.5) is 5.69 Å². The summed E-state index contributed by atoms with van der Waals surface area (Å²) in [6.45, 7) is 0.437. The molecule has 2 aromatic carbocycles. The van der Waals surface area contributed by atoms with Crippen LogP contribution in [0.25, 0.3) is 0 Å². The third-order valence-electron chi connectivity index (χ3n) is 3.50. The summed E-state index contributed by atoms with van der Waals surface area (Å²) >= 11 is 1.45. The molecule has 0 atom stereocenters. The first-order valence-corrected chi connectivity index (χ1v) is 8.43. The monoisotopic (exact) mass is 336 g/mol. The lowest BCUT2D eigenvalue weighted by Crippen LogP contribution is -2.24. The minimum atomic E-state index is -0.223. The van der Waals surface area contributed by atoms with E-state index in [-0.39, 0.29) is 11.8 Å². The Labute approximate surface area is 144 Å². The van der Waals surface area contributed by atoms with Crippen LogP contribution in [0.5, 0.6) is 0 Å². The number of carbonyl (C=O) groups is 2. The van der Waals surface area contributed by atoms with Crippen LogP contribution in [-0.2, 0) is 6.54 Å². The van der Waals surface area contributed by atoms with Crippen molar-refractivity contribution in [3.63, 3.8) is 0 Å². The first kappa shape index (κ1) is 16.0. The van der Waals surface area contributed by atoms with Gasteiger partial charge in [0.1, 0.15) is 0 Å². The van der Waals surface area contributed by atoms with Crippen LogP contribution < -0.4 is 10.6 Å². The number of nitrogens with one attached hydrogen (secondary N) is 2. The number of thiophene rings is 1. The molecule has 0 saturated heterocycles. The maximum Gasteiger partial charge on any atom is 0.256 e. The largest absolute Gasteiger partial charge is 0.348 e. The molecule has 0 aliphatic heterocycles. The topological polar surface area (TPSA) is 58.2 Å². The van der Waals surface area contributed by atoms with Gasteiger partial charge in [0, 0.05) is 11.9 Å². The van der Waals surface area contributed by atoms with Gasteiger partial charge in [-0.15, -0.1) is 0 Å². The molecule has 0 saturated carbocycles. The van der Waals surface area contributed by atoms with Crippen molar-refractivity contribution in [3.05, 3.63) is 88.1 Å². The summed E-state index contributed by atoms with van der Waals surface area (Å²) in [7, 11) is 0. The minimum absolute atomic E-state index is 0.222. The fraction of sp³-hybridized carbons (Fsp3) is 0.0526. The molecule has 2 amide bonds. The molecule has 4 nitrogen and oxygen atoms in total. The molecule has 0 radical (unpaired) electrons. The highest BCUT2D eigenvalue weighted by Gasteiger charge is 2.14. The Balaban J connectivity index is 1.71. The fourth-order valence-corrected chi connectivity index (χ4v) is 2.89. The maximum absolute atomic E-state index is 12.4. The predicted octanol–water partition coefficient (Wildman–Crippen LogP) is 3.93. The van der Waals surface area contributed by atoms with E-state index in [4.69, 9.17) is 0 Å². The van der Waals surface area contributed by atoms with Crippen molar-refractivity contribution in [2.24, 2.45) is 0 Å². The fourth-order valence-electron chi connectivity index (χ4n) is 2.25. The van der Waals surface area contributed by atoms with Crippen molar-refractivity contribution in [2.75, 3.05) is 5.32 Å². The van der Waals surface area contributed by atoms with Gasteiger partial charge in [-0.25, -0.2) is 0 Å². The first-order valence-electron chi connectivity index (χ1n) is 7.49. The van der Waals surface area contributed by atoms with Gasteiger partial charge in [0.15, 0.2) is 0 Å². The van der Waals surface area contributed by atoms with Crippen molar-refractivity contribution in [1.29, 1.82) is 0 Å². The van der Waals surface area contributed by atoms with Gasteiger partial charge in [0.05, 0.1) is 16.8 Å². The molecule has 3 rings (SSSR count). The van der Waals surface area contributed by atoms with E-state index in [0.29, 0.717) is 23.4 Å². The third kappa shape index (κ3) is 3.88. The number of anilines is 1. The number of benzene rings is 2. The molecule has 2 N–H and O–H groups in total. The van der Waals surface area contributed by atoms with Crippen molar-refractivity contribution in [1.82, 2.24) is 5.32 Å². The highest BCUT2D eigenvalue weighted by Crippen LogP contribution is 2.17. The van der Waals surface area contributed by atoms with Crippen LogP contribution in [0.3, 0.4) is 0 Å². The zero-order chi connectivity index (χ0) is 16.8. The molecule has 0 aliphatic rings. The molecule has 1 aromatic heterocycles. The molecular weight excluding hydrogens is 320 g/mol. The van der Waals surface area contributed by atoms with E-state index in [1.807, 2.05) is 35.7 Å². The average molecular weight is 336 g/mol. The van der Waals surface area contributed by atoms with Crippen molar-refractivity contribution < 1.29 is 9.59 Å². The first-order chi connectivity index (χ1) is 11.7. The molecule has 0 aliphatic carbocycles. The quantitative estimate of drug-likeness (QED) is 0.742. The van der Waals surface area contributed by atoms with E-state index in [9.17, 15) is 9.59 Å². The Bertz CT molecular complexity index is 830. The number of hydrogen-bond acceptors (Lipinski definition) is 3. The Kier molecular flexibility index (Phi) is 5.03. The number of rotatable bonds is 5. The maximum atomic E-state index is 12.4. The molecule has 0 fully saturated rings. The Hall–Kier alpha value is -2.92. The molecule has 5 heteroatoms. The minimum Gasteiger partial charge on any atom is -0.348 e. The Morgan fingerprint density at radius 1 is 0.875 bits per heavy atom. The molecule has 0 spiro atoms. The normalized spacial score (nSPS) is 10.2. The molecule has 0 bridgehead atoms. The lowest BCUT2D eigenvalue weighted by molar-refractivity contribution is 0.0952. The van der Waals surface area contributed by atoms with Gasteiger partial charge in [0.25, 0.3) is 11.8 Å². The standard InChI is InChI=1S/C19H16N2O2S/c22-18(15-10-11-24-13-15)21-17-9-5-4-8-16(17)19(23)20-12-14-6-2-1-3-7-14/h1-11,13H,12H2,(H,20,23)(H,21,22). The van der Waals surface area contributed by atoms with Gasteiger partial charge in [-0.05, 0) is 29.1 Å². The number of para-hydroxylation sites is 1.